The minimum absolute atomic E-state index is 0.0655. The van der Waals surface area contributed by atoms with E-state index in [4.69, 9.17) is 14.2 Å². The van der Waals surface area contributed by atoms with Gasteiger partial charge in [-0.15, -0.1) is 0 Å². The van der Waals surface area contributed by atoms with Gasteiger partial charge in [0.1, 0.15) is 0 Å². The topological polar surface area (TPSA) is 60.9 Å². The van der Waals surface area contributed by atoms with Crippen molar-refractivity contribution in [2.75, 3.05) is 19.8 Å². The minimum Gasteiger partial charge on any atom is -0.437 e. The first-order valence-corrected chi connectivity index (χ1v) is 6.94. The predicted octanol–water partition coefficient (Wildman–Crippen LogP) is 1.48. The molecule has 3 aliphatic heterocycles. The number of hydrogen-bond acceptors (Lipinski definition) is 5. The fraction of sp³-hybridized carbons (Fsp3) is 0.571. The van der Waals surface area contributed by atoms with Crippen molar-refractivity contribution in [1.82, 2.24) is 9.88 Å². The quantitative estimate of drug-likeness (QED) is 0.777. The molecule has 1 aromatic heterocycles. The van der Waals surface area contributed by atoms with Gasteiger partial charge in [-0.25, -0.2) is 4.79 Å². The number of pyridine rings is 1. The lowest BCUT2D eigenvalue weighted by atomic mass is 9.92. The molecule has 0 bridgehead atoms. The number of carbonyl (C=O) groups excluding carboxylic acids is 1. The summed E-state index contributed by atoms with van der Waals surface area (Å²) in [6.07, 6.45) is 2.45. The van der Waals surface area contributed by atoms with Gasteiger partial charge in [0.15, 0.2) is 11.9 Å². The molecule has 3 aliphatic rings. The van der Waals surface area contributed by atoms with Gasteiger partial charge in [-0.1, -0.05) is 6.07 Å². The van der Waals surface area contributed by atoms with Crippen molar-refractivity contribution in [3.63, 3.8) is 0 Å². The number of fused-ring (bicyclic) bond motifs is 1. The zero-order valence-electron chi connectivity index (χ0n) is 11.0. The van der Waals surface area contributed by atoms with Gasteiger partial charge in [0.2, 0.25) is 0 Å². The predicted molar refractivity (Wildman–Crippen MR) is 67.8 cm³/mol. The first-order valence-electron chi connectivity index (χ1n) is 6.94. The van der Waals surface area contributed by atoms with Crippen LogP contribution in [-0.2, 0) is 14.2 Å². The molecule has 2 atom stereocenters. The van der Waals surface area contributed by atoms with Gasteiger partial charge in [-0.05, 0) is 12.1 Å². The maximum atomic E-state index is 12.0. The average Bonchev–Trinajstić information content (AvgIpc) is 3.06. The van der Waals surface area contributed by atoms with Crippen LogP contribution in [0.3, 0.4) is 0 Å². The van der Waals surface area contributed by atoms with Crippen LogP contribution in [0.4, 0.5) is 4.79 Å². The van der Waals surface area contributed by atoms with Crippen LogP contribution < -0.4 is 0 Å². The maximum absolute atomic E-state index is 12.0. The van der Waals surface area contributed by atoms with Crippen LogP contribution in [0.5, 0.6) is 0 Å². The van der Waals surface area contributed by atoms with Crippen molar-refractivity contribution >= 4 is 6.09 Å². The summed E-state index contributed by atoms with van der Waals surface area (Å²) in [7, 11) is 0. The summed E-state index contributed by atoms with van der Waals surface area (Å²) >= 11 is 0. The van der Waals surface area contributed by atoms with Crippen LogP contribution in [0.2, 0.25) is 0 Å². The molecule has 4 heterocycles. The Morgan fingerprint density at radius 2 is 2.15 bits per heavy atom. The molecular formula is C14H16N2O4. The normalized spacial score (nSPS) is 31.4. The molecule has 6 heteroatoms. The molecule has 6 nitrogen and oxygen atoms in total. The largest absolute Gasteiger partial charge is 0.437 e. The number of aromatic nitrogens is 1. The molecule has 106 valence electrons. The second-order valence-electron chi connectivity index (χ2n) is 5.38. The van der Waals surface area contributed by atoms with Gasteiger partial charge < -0.3 is 19.1 Å². The number of ether oxygens (including phenoxy) is 3. The Labute approximate surface area is 116 Å². The summed E-state index contributed by atoms with van der Waals surface area (Å²) in [4.78, 5) is 18.1. The Kier molecular flexibility index (Phi) is 2.68. The van der Waals surface area contributed by atoms with E-state index in [1.807, 2.05) is 18.2 Å². The van der Waals surface area contributed by atoms with Crippen molar-refractivity contribution in [2.24, 2.45) is 0 Å². The second-order valence-corrected chi connectivity index (χ2v) is 5.38. The van der Waals surface area contributed by atoms with Gasteiger partial charge in [-0.2, -0.15) is 0 Å². The highest BCUT2D eigenvalue weighted by molar-refractivity contribution is 5.71. The fourth-order valence-electron chi connectivity index (χ4n) is 3.30. The highest BCUT2D eigenvalue weighted by atomic mass is 16.7. The lowest BCUT2D eigenvalue weighted by Crippen LogP contribution is -2.50. The Hall–Kier alpha value is -1.66. The number of hydrogen-bond donors (Lipinski definition) is 0. The van der Waals surface area contributed by atoms with Crippen molar-refractivity contribution < 1.29 is 19.0 Å². The summed E-state index contributed by atoms with van der Waals surface area (Å²) in [6, 6.07) is 5.58. The molecule has 1 spiro atoms. The average molecular weight is 276 g/mol. The van der Waals surface area contributed by atoms with Crippen LogP contribution in [0, 0.1) is 0 Å². The van der Waals surface area contributed by atoms with E-state index in [1.165, 1.54) is 0 Å². The first-order chi connectivity index (χ1) is 9.77. The fourth-order valence-corrected chi connectivity index (χ4v) is 3.30. The Balaban J connectivity index is 1.63. The van der Waals surface area contributed by atoms with Crippen molar-refractivity contribution in [1.29, 1.82) is 0 Å². The van der Waals surface area contributed by atoms with Gasteiger partial charge in [-0.3, -0.25) is 4.98 Å². The zero-order chi connectivity index (χ0) is 13.6. The van der Waals surface area contributed by atoms with Crippen LogP contribution in [0.15, 0.2) is 24.4 Å². The van der Waals surface area contributed by atoms with Gasteiger partial charge in [0.05, 0.1) is 24.9 Å². The molecule has 4 rings (SSSR count). The standard InChI is InChI=1S/C14H16N2O4/c17-13-16-6-4-14(18-7-8-19-14)9-11(16)12(20-13)10-3-1-2-5-15-10/h1-3,5,11-12H,4,6-9H2. The molecule has 0 saturated carbocycles. The lowest BCUT2D eigenvalue weighted by molar-refractivity contribution is -0.191. The third kappa shape index (κ3) is 1.79. The van der Waals surface area contributed by atoms with Crippen LogP contribution >= 0.6 is 0 Å². The van der Waals surface area contributed by atoms with Crippen molar-refractivity contribution in [3.8, 4) is 0 Å². The Bertz CT molecular complexity index is 515. The summed E-state index contributed by atoms with van der Waals surface area (Å²) in [5.41, 5.74) is 0.781. The second kappa shape index (κ2) is 4.43. The molecular weight excluding hydrogens is 260 g/mol. The zero-order valence-corrected chi connectivity index (χ0v) is 11.0. The number of rotatable bonds is 1. The highest BCUT2D eigenvalue weighted by Gasteiger charge is 2.53. The minimum atomic E-state index is -0.540. The van der Waals surface area contributed by atoms with Gasteiger partial charge in [0.25, 0.3) is 0 Å². The SMILES string of the molecule is O=C1OC(c2ccccn2)C2CC3(CCN12)OCCO3. The molecule has 2 unspecified atom stereocenters. The van der Waals surface area contributed by atoms with Gasteiger partial charge >= 0.3 is 6.09 Å². The molecule has 3 fully saturated rings. The monoisotopic (exact) mass is 276 g/mol. The van der Waals surface area contributed by atoms with Crippen LogP contribution in [0.1, 0.15) is 24.6 Å². The Morgan fingerprint density at radius 1 is 1.30 bits per heavy atom. The molecule has 0 aromatic carbocycles. The number of amides is 1. The molecule has 1 amide bonds. The maximum Gasteiger partial charge on any atom is 0.410 e. The van der Waals surface area contributed by atoms with Crippen molar-refractivity contribution in [2.45, 2.75) is 30.8 Å². The van der Waals surface area contributed by atoms with E-state index in [-0.39, 0.29) is 18.2 Å². The Morgan fingerprint density at radius 3 is 2.90 bits per heavy atom. The number of nitrogens with zero attached hydrogens (tertiary/aromatic N) is 2. The smallest absolute Gasteiger partial charge is 0.410 e. The van der Waals surface area contributed by atoms with E-state index in [1.54, 1.807) is 11.1 Å². The highest BCUT2D eigenvalue weighted by Crippen LogP contribution is 2.43. The summed E-state index contributed by atoms with van der Waals surface area (Å²) in [6.45, 7) is 1.85. The summed E-state index contributed by atoms with van der Waals surface area (Å²) < 4.78 is 17.1. The van der Waals surface area contributed by atoms with E-state index in [0.717, 1.165) is 5.69 Å². The lowest BCUT2D eigenvalue weighted by Gasteiger charge is -2.39. The number of piperidine rings is 1. The summed E-state index contributed by atoms with van der Waals surface area (Å²) in [5, 5.41) is 0. The van der Waals surface area contributed by atoms with E-state index < -0.39 is 5.79 Å². The first kappa shape index (κ1) is 12.1. The van der Waals surface area contributed by atoms with E-state index >= 15 is 0 Å². The third-order valence-corrected chi connectivity index (χ3v) is 4.26. The third-order valence-electron chi connectivity index (χ3n) is 4.26. The van der Waals surface area contributed by atoms with E-state index in [2.05, 4.69) is 4.98 Å². The van der Waals surface area contributed by atoms with E-state index in [9.17, 15) is 4.79 Å². The molecule has 20 heavy (non-hydrogen) atoms. The summed E-state index contributed by atoms with van der Waals surface area (Å²) in [5.74, 6) is -0.540. The molecule has 3 saturated heterocycles. The number of carbonyl (C=O) groups is 1. The number of cyclic esters (lactones) is 1. The van der Waals surface area contributed by atoms with Gasteiger partial charge in [0, 0.05) is 25.6 Å². The van der Waals surface area contributed by atoms with Crippen molar-refractivity contribution in [3.05, 3.63) is 30.1 Å². The molecule has 0 N–H and O–H groups in total. The van der Waals surface area contributed by atoms with Crippen LogP contribution in [-0.4, -0.2) is 47.6 Å². The van der Waals surface area contributed by atoms with E-state index in [0.29, 0.717) is 32.6 Å². The van der Waals surface area contributed by atoms with Crippen LogP contribution in [0.25, 0.3) is 0 Å². The molecule has 1 aromatic rings. The molecule has 0 radical (unpaired) electrons. The molecule has 0 aliphatic carbocycles.